The molecule has 0 spiro atoms. The van der Waals surface area contributed by atoms with Gasteiger partial charge in [0.1, 0.15) is 0 Å². The highest BCUT2D eigenvalue weighted by Gasteiger charge is 2.14. The van der Waals surface area contributed by atoms with Crippen molar-refractivity contribution in [3.63, 3.8) is 0 Å². The Labute approximate surface area is 105 Å². The molecule has 98 valence electrons. The molecule has 0 fully saturated rings. The monoisotopic (exact) mass is 252 g/mol. The third kappa shape index (κ3) is 3.74. The van der Waals surface area contributed by atoms with Crippen LogP contribution in [0, 0.1) is 13.8 Å². The van der Waals surface area contributed by atoms with E-state index in [0.29, 0.717) is 5.69 Å². The summed E-state index contributed by atoms with van der Waals surface area (Å²) >= 11 is 0. The van der Waals surface area contributed by atoms with Gasteiger partial charge >= 0.3 is 12.0 Å². The number of urea groups is 1. The Kier molecular flexibility index (Phi) is 4.67. The molecule has 18 heavy (non-hydrogen) atoms. The van der Waals surface area contributed by atoms with E-state index >= 15 is 0 Å². The Balaban J connectivity index is 2.55. The molecule has 0 bridgehead atoms. The van der Waals surface area contributed by atoms with E-state index < -0.39 is 18.1 Å². The SMILES string of the molecule is Cc1cccc(NC(=O)NC[C@H](O)C(=O)O)c1C. The van der Waals surface area contributed by atoms with Crippen LogP contribution in [0.2, 0.25) is 0 Å². The fourth-order valence-corrected chi connectivity index (χ4v) is 1.33. The van der Waals surface area contributed by atoms with Crippen molar-refractivity contribution in [1.29, 1.82) is 0 Å². The van der Waals surface area contributed by atoms with Crippen LogP contribution in [-0.2, 0) is 4.79 Å². The smallest absolute Gasteiger partial charge is 0.334 e. The number of carbonyl (C=O) groups excluding carboxylic acids is 1. The van der Waals surface area contributed by atoms with Crippen LogP contribution >= 0.6 is 0 Å². The van der Waals surface area contributed by atoms with Crippen LogP contribution in [0.15, 0.2) is 18.2 Å². The predicted molar refractivity (Wildman–Crippen MR) is 66.6 cm³/mol. The largest absolute Gasteiger partial charge is 0.479 e. The fraction of sp³-hybridized carbons (Fsp3) is 0.333. The molecule has 0 heterocycles. The molecule has 2 amide bonds. The Morgan fingerprint density at radius 1 is 1.33 bits per heavy atom. The van der Waals surface area contributed by atoms with E-state index in [0.717, 1.165) is 11.1 Å². The Hall–Kier alpha value is -2.08. The van der Waals surface area contributed by atoms with Crippen LogP contribution in [0.5, 0.6) is 0 Å². The van der Waals surface area contributed by atoms with E-state index in [9.17, 15) is 9.59 Å². The summed E-state index contributed by atoms with van der Waals surface area (Å²) in [4.78, 5) is 21.8. The lowest BCUT2D eigenvalue weighted by Crippen LogP contribution is -2.38. The number of hydrogen-bond acceptors (Lipinski definition) is 3. The summed E-state index contributed by atoms with van der Waals surface area (Å²) in [5, 5.41) is 22.3. The molecule has 1 rings (SSSR count). The minimum atomic E-state index is -1.60. The number of carboxylic acid groups (broad SMARTS) is 1. The van der Waals surface area contributed by atoms with Gasteiger partial charge in [0.05, 0.1) is 6.54 Å². The van der Waals surface area contributed by atoms with Gasteiger partial charge in [-0.15, -0.1) is 0 Å². The first-order valence-electron chi connectivity index (χ1n) is 5.43. The van der Waals surface area contributed by atoms with Crippen LogP contribution in [0.3, 0.4) is 0 Å². The molecule has 0 radical (unpaired) electrons. The number of aryl methyl sites for hydroxylation is 1. The van der Waals surface area contributed by atoms with E-state index in [-0.39, 0.29) is 6.54 Å². The van der Waals surface area contributed by atoms with Gasteiger partial charge in [-0.25, -0.2) is 9.59 Å². The lowest BCUT2D eigenvalue weighted by atomic mass is 10.1. The number of aliphatic hydroxyl groups excluding tert-OH is 1. The molecule has 0 aliphatic heterocycles. The minimum Gasteiger partial charge on any atom is -0.479 e. The molecule has 0 saturated carbocycles. The van der Waals surface area contributed by atoms with Crippen molar-refractivity contribution in [3.05, 3.63) is 29.3 Å². The van der Waals surface area contributed by atoms with E-state index in [4.69, 9.17) is 10.2 Å². The molecule has 4 N–H and O–H groups in total. The maximum Gasteiger partial charge on any atom is 0.334 e. The van der Waals surface area contributed by atoms with Crippen LogP contribution in [0.4, 0.5) is 10.5 Å². The lowest BCUT2D eigenvalue weighted by Gasteiger charge is -2.12. The Morgan fingerprint density at radius 3 is 2.61 bits per heavy atom. The summed E-state index contributed by atoms with van der Waals surface area (Å²) in [6, 6.07) is 4.93. The summed E-state index contributed by atoms with van der Waals surface area (Å²) in [5.74, 6) is -1.37. The first kappa shape index (κ1) is 14.0. The lowest BCUT2D eigenvalue weighted by molar-refractivity contribution is -0.146. The topological polar surface area (TPSA) is 98.7 Å². The van der Waals surface area contributed by atoms with Crippen molar-refractivity contribution >= 4 is 17.7 Å². The zero-order chi connectivity index (χ0) is 13.7. The molecular formula is C12H16N2O4. The number of hydrogen-bond donors (Lipinski definition) is 4. The van der Waals surface area contributed by atoms with Crippen LogP contribution in [0.25, 0.3) is 0 Å². The normalized spacial score (nSPS) is 11.7. The van der Waals surface area contributed by atoms with Crippen LogP contribution < -0.4 is 10.6 Å². The molecule has 0 saturated heterocycles. The quantitative estimate of drug-likeness (QED) is 0.639. The van der Waals surface area contributed by atoms with Crippen molar-refractivity contribution < 1.29 is 19.8 Å². The van der Waals surface area contributed by atoms with E-state index in [2.05, 4.69) is 10.6 Å². The maximum atomic E-state index is 11.5. The molecule has 6 heteroatoms. The number of benzene rings is 1. The molecule has 0 aliphatic rings. The van der Waals surface area contributed by atoms with Crippen molar-refractivity contribution in [2.24, 2.45) is 0 Å². The predicted octanol–water partition coefficient (Wildman–Crippen LogP) is 0.870. The van der Waals surface area contributed by atoms with Gasteiger partial charge in [0.25, 0.3) is 0 Å². The standard InChI is InChI=1S/C12H16N2O4/c1-7-4-3-5-9(8(7)2)14-12(18)13-6-10(15)11(16)17/h3-5,10,15H,6H2,1-2H3,(H,16,17)(H2,13,14,18)/t10-/m0/s1. The molecule has 6 nitrogen and oxygen atoms in total. The molecule has 1 aromatic rings. The van der Waals surface area contributed by atoms with Gasteiger partial charge in [-0.1, -0.05) is 12.1 Å². The summed E-state index contributed by atoms with van der Waals surface area (Å²) in [6.45, 7) is 3.45. The van der Waals surface area contributed by atoms with Gasteiger partial charge < -0.3 is 20.8 Å². The zero-order valence-corrected chi connectivity index (χ0v) is 10.2. The fourth-order valence-electron chi connectivity index (χ4n) is 1.33. The molecule has 1 aromatic carbocycles. The number of carbonyl (C=O) groups is 2. The van der Waals surface area contributed by atoms with Crippen molar-refractivity contribution in [3.8, 4) is 0 Å². The molecular weight excluding hydrogens is 236 g/mol. The second-order valence-corrected chi connectivity index (χ2v) is 3.94. The Morgan fingerprint density at radius 2 is 2.00 bits per heavy atom. The van der Waals surface area contributed by atoms with Crippen molar-refractivity contribution in [2.75, 3.05) is 11.9 Å². The van der Waals surface area contributed by atoms with Gasteiger partial charge in [0.2, 0.25) is 0 Å². The van der Waals surface area contributed by atoms with Gasteiger partial charge in [-0.2, -0.15) is 0 Å². The number of carboxylic acids is 1. The maximum absolute atomic E-state index is 11.5. The highest BCUT2D eigenvalue weighted by Crippen LogP contribution is 2.17. The van der Waals surface area contributed by atoms with E-state index in [1.54, 1.807) is 6.07 Å². The molecule has 0 aliphatic carbocycles. The van der Waals surface area contributed by atoms with Crippen molar-refractivity contribution in [1.82, 2.24) is 5.32 Å². The van der Waals surface area contributed by atoms with Crippen LogP contribution in [-0.4, -0.2) is 34.9 Å². The third-order valence-electron chi connectivity index (χ3n) is 2.59. The van der Waals surface area contributed by atoms with Crippen LogP contribution in [0.1, 0.15) is 11.1 Å². The average Bonchev–Trinajstić information content (AvgIpc) is 2.32. The number of rotatable bonds is 4. The molecule has 1 atom stereocenters. The average molecular weight is 252 g/mol. The summed E-state index contributed by atoms with van der Waals surface area (Å²) < 4.78 is 0. The molecule has 0 unspecified atom stereocenters. The van der Waals surface area contributed by atoms with Gasteiger partial charge in [0.15, 0.2) is 6.10 Å². The van der Waals surface area contributed by atoms with Gasteiger partial charge in [-0.3, -0.25) is 0 Å². The number of aliphatic hydroxyl groups is 1. The van der Waals surface area contributed by atoms with Crippen molar-refractivity contribution in [2.45, 2.75) is 20.0 Å². The molecule has 0 aromatic heterocycles. The van der Waals surface area contributed by atoms with Gasteiger partial charge in [0, 0.05) is 5.69 Å². The second kappa shape index (κ2) is 6.02. The Bertz CT molecular complexity index is 459. The second-order valence-electron chi connectivity index (χ2n) is 3.94. The number of aliphatic carboxylic acids is 1. The zero-order valence-electron chi connectivity index (χ0n) is 10.2. The summed E-state index contributed by atoms with van der Waals surface area (Å²) in [7, 11) is 0. The third-order valence-corrected chi connectivity index (χ3v) is 2.59. The highest BCUT2D eigenvalue weighted by molar-refractivity contribution is 5.90. The van der Waals surface area contributed by atoms with Gasteiger partial charge in [-0.05, 0) is 31.0 Å². The first-order valence-corrected chi connectivity index (χ1v) is 5.43. The number of anilines is 1. The number of amides is 2. The minimum absolute atomic E-state index is 0.341. The van der Waals surface area contributed by atoms with E-state index in [1.165, 1.54) is 0 Å². The van der Waals surface area contributed by atoms with E-state index in [1.807, 2.05) is 26.0 Å². The summed E-state index contributed by atoms with van der Waals surface area (Å²) in [5.41, 5.74) is 2.63. The highest BCUT2D eigenvalue weighted by atomic mass is 16.4. The first-order chi connectivity index (χ1) is 8.41. The number of nitrogens with one attached hydrogen (secondary N) is 2. The summed E-state index contributed by atoms with van der Waals surface area (Å²) in [6.07, 6.45) is -1.60.